The summed E-state index contributed by atoms with van der Waals surface area (Å²) >= 11 is 0. The number of carbonyl (C=O) groups is 1. The van der Waals surface area contributed by atoms with E-state index in [-0.39, 0.29) is 5.41 Å². The SMILES string of the molecule is CC1(C)C/C(=C\C#N)CC1CCC=O. The lowest BCUT2D eigenvalue weighted by Gasteiger charge is -2.25. The van der Waals surface area contributed by atoms with Gasteiger partial charge in [0.05, 0.1) is 6.07 Å². The zero-order chi connectivity index (χ0) is 10.6. The van der Waals surface area contributed by atoms with Crippen LogP contribution in [0.15, 0.2) is 11.6 Å². The Morgan fingerprint density at radius 2 is 2.36 bits per heavy atom. The van der Waals surface area contributed by atoms with Crippen molar-refractivity contribution in [2.75, 3.05) is 0 Å². The molecule has 1 aliphatic carbocycles. The summed E-state index contributed by atoms with van der Waals surface area (Å²) in [7, 11) is 0. The van der Waals surface area contributed by atoms with Crippen LogP contribution in [-0.4, -0.2) is 6.29 Å². The van der Waals surface area contributed by atoms with E-state index in [4.69, 9.17) is 5.26 Å². The summed E-state index contributed by atoms with van der Waals surface area (Å²) in [5, 5.41) is 8.58. The lowest BCUT2D eigenvalue weighted by molar-refractivity contribution is -0.108. The summed E-state index contributed by atoms with van der Waals surface area (Å²) in [6.07, 6.45) is 6.26. The van der Waals surface area contributed by atoms with Gasteiger partial charge in [-0.3, -0.25) is 0 Å². The number of rotatable bonds is 3. The van der Waals surface area contributed by atoms with Gasteiger partial charge in [-0.15, -0.1) is 0 Å². The maximum absolute atomic E-state index is 10.3. The van der Waals surface area contributed by atoms with Crippen LogP contribution in [0.4, 0.5) is 0 Å². The summed E-state index contributed by atoms with van der Waals surface area (Å²) < 4.78 is 0. The van der Waals surface area contributed by atoms with Crippen molar-refractivity contribution in [3.63, 3.8) is 0 Å². The lowest BCUT2D eigenvalue weighted by atomic mass is 9.79. The monoisotopic (exact) mass is 191 g/mol. The van der Waals surface area contributed by atoms with Crippen molar-refractivity contribution in [3.05, 3.63) is 11.6 Å². The molecule has 1 saturated carbocycles. The van der Waals surface area contributed by atoms with Crippen LogP contribution in [-0.2, 0) is 4.79 Å². The van der Waals surface area contributed by atoms with E-state index in [9.17, 15) is 4.79 Å². The third-order valence-electron chi connectivity index (χ3n) is 3.20. The highest BCUT2D eigenvalue weighted by Crippen LogP contribution is 2.47. The van der Waals surface area contributed by atoms with Gasteiger partial charge >= 0.3 is 0 Å². The van der Waals surface area contributed by atoms with Gasteiger partial charge < -0.3 is 4.79 Å². The van der Waals surface area contributed by atoms with Crippen molar-refractivity contribution in [1.29, 1.82) is 5.26 Å². The number of carbonyl (C=O) groups excluding carboxylic acids is 1. The van der Waals surface area contributed by atoms with E-state index < -0.39 is 0 Å². The van der Waals surface area contributed by atoms with Crippen LogP contribution < -0.4 is 0 Å². The molecule has 0 aliphatic heterocycles. The molecule has 2 heteroatoms. The Hall–Kier alpha value is -1.10. The van der Waals surface area contributed by atoms with Crippen molar-refractivity contribution >= 4 is 6.29 Å². The fourth-order valence-electron chi connectivity index (χ4n) is 2.36. The molecule has 0 aromatic heterocycles. The van der Waals surface area contributed by atoms with Crippen LogP contribution in [0, 0.1) is 22.7 Å². The second kappa shape index (κ2) is 4.41. The number of hydrogen-bond donors (Lipinski definition) is 0. The average molecular weight is 191 g/mol. The van der Waals surface area contributed by atoms with E-state index in [1.54, 1.807) is 6.08 Å². The van der Waals surface area contributed by atoms with Crippen molar-refractivity contribution in [1.82, 2.24) is 0 Å². The van der Waals surface area contributed by atoms with Crippen molar-refractivity contribution in [2.24, 2.45) is 11.3 Å². The minimum absolute atomic E-state index is 0.256. The maximum atomic E-state index is 10.3. The number of aldehydes is 1. The molecule has 0 aromatic rings. The molecule has 2 nitrogen and oxygen atoms in total. The first-order valence-corrected chi connectivity index (χ1v) is 5.11. The third-order valence-corrected chi connectivity index (χ3v) is 3.20. The van der Waals surface area contributed by atoms with Gasteiger partial charge in [0.25, 0.3) is 0 Å². The molecule has 76 valence electrons. The topological polar surface area (TPSA) is 40.9 Å². The Labute approximate surface area is 85.6 Å². The quantitative estimate of drug-likeness (QED) is 0.508. The summed E-state index contributed by atoms with van der Waals surface area (Å²) in [5.41, 5.74) is 1.50. The van der Waals surface area contributed by atoms with E-state index in [1.807, 2.05) is 0 Å². The minimum Gasteiger partial charge on any atom is -0.303 e. The largest absolute Gasteiger partial charge is 0.303 e. The molecule has 14 heavy (non-hydrogen) atoms. The second-order valence-corrected chi connectivity index (χ2v) is 4.74. The molecule has 1 fully saturated rings. The maximum Gasteiger partial charge on any atom is 0.120 e. The fraction of sp³-hybridized carbons (Fsp3) is 0.667. The Balaban J connectivity index is 2.65. The molecule has 0 heterocycles. The summed E-state index contributed by atoms with van der Waals surface area (Å²) in [5.74, 6) is 0.562. The van der Waals surface area contributed by atoms with Crippen molar-refractivity contribution in [2.45, 2.75) is 39.5 Å². The molecule has 1 rings (SSSR count). The van der Waals surface area contributed by atoms with Crippen LogP contribution in [0.3, 0.4) is 0 Å². The highest BCUT2D eigenvalue weighted by Gasteiger charge is 2.36. The van der Waals surface area contributed by atoms with Crippen LogP contribution >= 0.6 is 0 Å². The first kappa shape index (κ1) is 11.0. The molecule has 0 radical (unpaired) electrons. The highest BCUT2D eigenvalue weighted by molar-refractivity contribution is 5.49. The summed E-state index contributed by atoms with van der Waals surface area (Å²) in [6, 6.07) is 2.09. The summed E-state index contributed by atoms with van der Waals surface area (Å²) in [6.45, 7) is 4.45. The third kappa shape index (κ3) is 2.45. The number of nitrogens with zero attached hydrogens (tertiary/aromatic N) is 1. The standard InChI is InChI=1S/C12H17NO/c1-12(2)9-10(5-6-13)8-11(12)4-3-7-14/h5,7,11H,3-4,8-9H2,1-2H3/b10-5-. The highest BCUT2D eigenvalue weighted by atomic mass is 16.1. The van der Waals surface area contributed by atoms with E-state index >= 15 is 0 Å². The normalized spacial score (nSPS) is 27.5. The molecule has 1 unspecified atom stereocenters. The zero-order valence-corrected chi connectivity index (χ0v) is 8.92. The van der Waals surface area contributed by atoms with Crippen LogP contribution in [0.1, 0.15) is 39.5 Å². The van der Waals surface area contributed by atoms with E-state index in [2.05, 4.69) is 19.9 Å². The smallest absolute Gasteiger partial charge is 0.120 e. The molecule has 1 aliphatic rings. The van der Waals surface area contributed by atoms with Gasteiger partial charge in [-0.25, -0.2) is 0 Å². The Morgan fingerprint density at radius 3 is 2.93 bits per heavy atom. The molecule has 0 spiro atoms. The minimum atomic E-state index is 0.256. The number of allylic oxidation sites excluding steroid dienone is 2. The first-order chi connectivity index (χ1) is 6.60. The molecular formula is C12H17NO. The van der Waals surface area contributed by atoms with Gasteiger partial charge in [-0.1, -0.05) is 19.4 Å². The van der Waals surface area contributed by atoms with Gasteiger partial charge in [0, 0.05) is 12.5 Å². The van der Waals surface area contributed by atoms with Crippen molar-refractivity contribution < 1.29 is 4.79 Å². The molecule has 0 N–H and O–H groups in total. The molecule has 1 atom stereocenters. The average Bonchev–Trinajstić information content (AvgIpc) is 2.38. The van der Waals surface area contributed by atoms with Crippen LogP contribution in [0.25, 0.3) is 0 Å². The molecule has 0 amide bonds. The predicted octanol–water partition coefficient (Wildman–Crippen LogP) is 2.85. The van der Waals surface area contributed by atoms with Gasteiger partial charge in [-0.2, -0.15) is 5.26 Å². The molecule has 0 aromatic carbocycles. The van der Waals surface area contributed by atoms with E-state index in [1.165, 1.54) is 5.57 Å². The van der Waals surface area contributed by atoms with Crippen LogP contribution in [0.2, 0.25) is 0 Å². The van der Waals surface area contributed by atoms with Gasteiger partial charge in [-0.05, 0) is 30.6 Å². The van der Waals surface area contributed by atoms with E-state index in [0.717, 1.165) is 25.5 Å². The van der Waals surface area contributed by atoms with Gasteiger partial charge in [0.2, 0.25) is 0 Å². The van der Waals surface area contributed by atoms with Gasteiger partial charge in [0.1, 0.15) is 6.29 Å². The first-order valence-electron chi connectivity index (χ1n) is 5.11. The van der Waals surface area contributed by atoms with Crippen molar-refractivity contribution in [3.8, 4) is 6.07 Å². The predicted molar refractivity (Wildman–Crippen MR) is 55.5 cm³/mol. The molecular weight excluding hydrogens is 174 g/mol. The van der Waals surface area contributed by atoms with Gasteiger partial charge in [0.15, 0.2) is 0 Å². The van der Waals surface area contributed by atoms with Crippen LogP contribution in [0.5, 0.6) is 0 Å². The molecule has 0 bridgehead atoms. The summed E-state index contributed by atoms with van der Waals surface area (Å²) in [4.78, 5) is 10.3. The Morgan fingerprint density at radius 1 is 1.64 bits per heavy atom. The molecule has 0 saturated heterocycles. The number of hydrogen-bond acceptors (Lipinski definition) is 2. The Kier molecular flexibility index (Phi) is 3.46. The Bertz CT molecular complexity index is 283. The number of nitriles is 1. The van der Waals surface area contributed by atoms with E-state index in [0.29, 0.717) is 12.3 Å². The zero-order valence-electron chi connectivity index (χ0n) is 8.92. The lowest BCUT2D eigenvalue weighted by Crippen LogP contribution is -2.17. The fourth-order valence-corrected chi connectivity index (χ4v) is 2.36. The second-order valence-electron chi connectivity index (χ2n) is 4.74.